The number of anilines is 1. The normalized spacial score (nSPS) is 17.1. The molecule has 1 unspecified atom stereocenters. The van der Waals surface area contributed by atoms with Gasteiger partial charge in [-0.25, -0.2) is 21.6 Å². The summed E-state index contributed by atoms with van der Waals surface area (Å²) in [5.41, 5.74) is 2.44. The summed E-state index contributed by atoms with van der Waals surface area (Å²) in [5, 5.41) is 12.2. The zero-order chi connectivity index (χ0) is 24.3. The average molecular weight is 496 g/mol. The number of hydrogen-bond acceptors (Lipinski definition) is 6. The lowest BCUT2D eigenvalue weighted by atomic mass is 9.95. The molecule has 3 aromatic carbocycles. The van der Waals surface area contributed by atoms with Crippen LogP contribution in [0.1, 0.15) is 22.3 Å². The molecule has 10 heteroatoms. The number of nitrogens with one attached hydrogen (secondary N) is 2. The molecule has 4 rings (SSSR count). The van der Waals surface area contributed by atoms with Gasteiger partial charge in [0.15, 0.2) is 9.84 Å². The van der Waals surface area contributed by atoms with Gasteiger partial charge >= 0.3 is 0 Å². The van der Waals surface area contributed by atoms with Crippen LogP contribution < -0.4 is 10.0 Å². The molecule has 1 saturated heterocycles. The topological polar surface area (TPSA) is 133 Å². The van der Waals surface area contributed by atoms with Crippen LogP contribution in [-0.4, -0.2) is 40.3 Å². The maximum absolute atomic E-state index is 13.0. The monoisotopic (exact) mass is 495 g/mol. The van der Waals surface area contributed by atoms with Gasteiger partial charge in [-0.05, 0) is 48.4 Å². The molecule has 0 bridgehead atoms. The van der Waals surface area contributed by atoms with Gasteiger partial charge in [0.1, 0.15) is 0 Å². The zero-order valence-corrected chi connectivity index (χ0v) is 19.6. The smallest absolute Gasteiger partial charge is 0.256 e. The van der Waals surface area contributed by atoms with E-state index in [1.54, 1.807) is 48.5 Å². The molecule has 1 fully saturated rings. The molecule has 3 aromatic rings. The van der Waals surface area contributed by atoms with Crippen molar-refractivity contribution in [3.63, 3.8) is 0 Å². The number of amides is 1. The number of nitrogens with zero attached hydrogens (tertiary/aromatic N) is 1. The van der Waals surface area contributed by atoms with E-state index in [0.717, 1.165) is 0 Å². The number of carbonyl (C=O) groups excluding carboxylic acids is 1. The van der Waals surface area contributed by atoms with Crippen molar-refractivity contribution in [2.45, 2.75) is 17.4 Å². The molecule has 1 atom stereocenters. The van der Waals surface area contributed by atoms with E-state index >= 15 is 0 Å². The van der Waals surface area contributed by atoms with E-state index in [9.17, 15) is 26.9 Å². The highest BCUT2D eigenvalue weighted by molar-refractivity contribution is 7.92. The molecule has 34 heavy (non-hydrogen) atoms. The van der Waals surface area contributed by atoms with Crippen LogP contribution in [0.25, 0.3) is 11.1 Å². The zero-order valence-electron chi connectivity index (χ0n) is 17.9. The van der Waals surface area contributed by atoms with Crippen molar-refractivity contribution < 1.29 is 21.6 Å². The van der Waals surface area contributed by atoms with E-state index in [-0.39, 0.29) is 22.8 Å². The van der Waals surface area contributed by atoms with Gasteiger partial charge in [0.25, 0.3) is 5.91 Å². The van der Waals surface area contributed by atoms with E-state index in [0.29, 0.717) is 27.9 Å². The minimum Gasteiger partial charge on any atom is -0.322 e. The Labute approximate surface area is 198 Å². The number of benzene rings is 3. The second-order valence-corrected chi connectivity index (χ2v) is 11.8. The molecular weight excluding hydrogens is 474 g/mol. The van der Waals surface area contributed by atoms with Crippen molar-refractivity contribution in [3.8, 4) is 17.2 Å². The molecule has 2 N–H and O–H groups in total. The summed E-state index contributed by atoms with van der Waals surface area (Å²) in [4.78, 5) is 13.0. The number of hydrogen-bond donors (Lipinski definition) is 2. The van der Waals surface area contributed by atoms with Gasteiger partial charge < -0.3 is 5.32 Å². The molecule has 1 aliphatic heterocycles. The Morgan fingerprint density at radius 1 is 0.941 bits per heavy atom. The summed E-state index contributed by atoms with van der Waals surface area (Å²) in [7, 11) is -7.12. The van der Waals surface area contributed by atoms with Crippen LogP contribution in [0.5, 0.6) is 0 Å². The van der Waals surface area contributed by atoms with E-state index < -0.39 is 31.8 Å². The lowest BCUT2D eigenvalue weighted by Crippen LogP contribution is -2.35. The van der Waals surface area contributed by atoms with E-state index in [4.69, 9.17) is 0 Å². The molecule has 8 nitrogen and oxygen atoms in total. The first-order chi connectivity index (χ1) is 16.2. The van der Waals surface area contributed by atoms with Crippen molar-refractivity contribution in [1.29, 1.82) is 5.26 Å². The molecule has 0 saturated carbocycles. The first kappa shape index (κ1) is 23.6. The SMILES string of the molecule is N#Cc1ccccc1-c1ccccc1C(=O)Nc1ccc(S(=O)(=O)NC2CCS(=O)(=O)C2)cc1. The average Bonchev–Trinajstić information content (AvgIpc) is 3.16. The number of sulfonamides is 1. The van der Waals surface area contributed by atoms with E-state index in [1.807, 2.05) is 0 Å². The summed E-state index contributed by atoms with van der Waals surface area (Å²) in [6, 6.07) is 21.0. The first-order valence-electron chi connectivity index (χ1n) is 10.4. The van der Waals surface area contributed by atoms with Crippen molar-refractivity contribution in [3.05, 3.63) is 83.9 Å². The lowest BCUT2D eigenvalue weighted by molar-refractivity contribution is 0.102. The largest absolute Gasteiger partial charge is 0.322 e. The van der Waals surface area contributed by atoms with Crippen molar-refractivity contribution in [2.75, 3.05) is 16.8 Å². The number of sulfone groups is 1. The highest BCUT2D eigenvalue weighted by Gasteiger charge is 2.31. The van der Waals surface area contributed by atoms with Gasteiger partial charge in [-0.1, -0.05) is 36.4 Å². The molecule has 1 amide bonds. The van der Waals surface area contributed by atoms with Gasteiger partial charge in [0.2, 0.25) is 10.0 Å². The predicted octanol–water partition coefficient (Wildman–Crippen LogP) is 2.94. The molecular formula is C24H21N3O5S2. The quantitative estimate of drug-likeness (QED) is 0.540. The lowest BCUT2D eigenvalue weighted by Gasteiger charge is -2.13. The number of nitriles is 1. The Morgan fingerprint density at radius 2 is 1.59 bits per heavy atom. The Hall–Kier alpha value is -3.52. The van der Waals surface area contributed by atoms with Gasteiger partial charge in [-0.3, -0.25) is 4.79 Å². The maximum Gasteiger partial charge on any atom is 0.256 e. The minimum absolute atomic E-state index is 0.0295. The second-order valence-electron chi connectivity index (χ2n) is 7.90. The summed E-state index contributed by atoms with van der Waals surface area (Å²) < 4.78 is 50.8. The van der Waals surface area contributed by atoms with Crippen molar-refractivity contribution in [2.24, 2.45) is 0 Å². The first-order valence-corrected chi connectivity index (χ1v) is 13.7. The van der Waals surface area contributed by atoms with Crippen LogP contribution in [0.2, 0.25) is 0 Å². The van der Waals surface area contributed by atoms with E-state index in [2.05, 4.69) is 16.1 Å². The fourth-order valence-electron chi connectivity index (χ4n) is 3.82. The highest BCUT2D eigenvalue weighted by Crippen LogP contribution is 2.27. The van der Waals surface area contributed by atoms with Gasteiger partial charge in [-0.2, -0.15) is 5.26 Å². The Kier molecular flexibility index (Phi) is 6.52. The molecule has 174 valence electrons. The summed E-state index contributed by atoms with van der Waals surface area (Å²) in [5.74, 6) is -0.659. The molecule has 1 heterocycles. The fraction of sp³-hybridized carbons (Fsp3) is 0.167. The summed E-state index contributed by atoms with van der Waals surface area (Å²) >= 11 is 0. The maximum atomic E-state index is 13.0. The molecule has 0 radical (unpaired) electrons. The summed E-state index contributed by atoms with van der Waals surface area (Å²) in [6.07, 6.45) is 0.240. The second kappa shape index (κ2) is 9.38. The third-order valence-electron chi connectivity index (χ3n) is 5.49. The van der Waals surface area contributed by atoms with Crippen LogP contribution in [0.15, 0.2) is 77.7 Å². The van der Waals surface area contributed by atoms with Gasteiger partial charge in [0, 0.05) is 22.9 Å². The Morgan fingerprint density at radius 3 is 2.24 bits per heavy atom. The Balaban J connectivity index is 1.52. The summed E-state index contributed by atoms with van der Waals surface area (Å²) in [6.45, 7) is 0. The van der Waals surface area contributed by atoms with E-state index in [1.165, 1.54) is 24.3 Å². The molecule has 0 aromatic heterocycles. The third-order valence-corrected chi connectivity index (χ3v) is 8.79. The van der Waals surface area contributed by atoms with Gasteiger partial charge in [-0.15, -0.1) is 0 Å². The van der Waals surface area contributed by atoms with Gasteiger partial charge in [0.05, 0.1) is 28.0 Å². The molecule has 1 aliphatic rings. The third kappa shape index (κ3) is 5.17. The molecule has 0 spiro atoms. The van der Waals surface area contributed by atoms with Crippen molar-refractivity contribution >= 4 is 31.5 Å². The van der Waals surface area contributed by atoms with Crippen LogP contribution in [-0.2, 0) is 19.9 Å². The minimum atomic E-state index is -3.90. The van der Waals surface area contributed by atoms with Crippen LogP contribution in [0, 0.1) is 11.3 Å². The Bertz CT molecular complexity index is 1490. The fourth-order valence-corrected chi connectivity index (χ4v) is 6.87. The van der Waals surface area contributed by atoms with Crippen LogP contribution >= 0.6 is 0 Å². The number of rotatable bonds is 6. The molecule has 0 aliphatic carbocycles. The predicted molar refractivity (Wildman–Crippen MR) is 128 cm³/mol. The highest BCUT2D eigenvalue weighted by atomic mass is 32.2. The van der Waals surface area contributed by atoms with Crippen molar-refractivity contribution in [1.82, 2.24) is 4.72 Å². The number of carbonyl (C=O) groups is 1. The van der Waals surface area contributed by atoms with Crippen LogP contribution in [0.4, 0.5) is 5.69 Å². The van der Waals surface area contributed by atoms with Crippen LogP contribution in [0.3, 0.4) is 0 Å². The standard InChI is InChI=1S/C24H21N3O5S2/c25-15-17-5-1-2-6-21(17)22-7-3-4-8-23(22)24(28)26-18-9-11-20(12-10-18)34(31,32)27-19-13-14-33(29,30)16-19/h1-12,19,27H,13-14,16H2,(H,26,28).